The first-order chi connectivity index (χ1) is 9.58. The maximum absolute atomic E-state index is 11.6. The van der Waals surface area contributed by atoms with Crippen LogP contribution >= 0.6 is 0 Å². The number of amides is 2. The van der Waals surface area contributed by atoms with Crippen LogP contribution in [0, 0.1) is 0 Å². The first kappa shape index (κ1) is 15.8. The molecule has 0 aliphatic rings. The molecule has 0 radical (unpaired) electrons. The van der Waals surface area contributed by atoms with Crippen molar-refractivity contribution in [1.82, 2.24) is 5.32 Å². The van der Waals surface area contributed by atoms with Crippen LogP contribution < -0.4 is 15.4 Å². The molecule has 0 fully saturated rings. The second-order valence-electron chi connectivity index (χ2n) is 3.79. The molecule has 2 amide bonds. The van der Waals surface area contributed by atoms with E-state index in [0.717, 1.165) is 0 Å². The molecule has 0 unspecified atom stereocenters. The predicted octanol–water partition coefficient (Wildman–Crippen LogP) is 1.55. The summed E-state index contributed by atoms with van der Waals surface area (Å²) in [6.45, 7) is 3.18. The highest BCUT2D eigenvalue weighted by atomic mass is 16.5. The molecule has 0 bridgehead atoms. The number of nitrogens with one attached hydrogen (secondary N) is 2. The van der Waals surface area contributed by atoms with Crippen molar-refractivity contribution in [2.24, 2.45) is 0 Å². The fourth-order valence-electron chi connectivity index (χ4n) is 1.48. The maximum Gasteiger partial charge on any atom is 0.337 e. The van der Waals surface area contributed by atoms with Gasteiger partial charge in [-0.1, -0.05) is 0 Å². The lowest BCUT2D eigenvalue weighted by atomic mass is 10.1. The number of carboxylic acid groups (broad SMARTS) is 1. The molecule has 1 aromatic rings. The number of ether oxygens (including phenoxy) is 2. The average Bonchev–Trinajstić information content (AvgIpc) is 2.43. The molecule has 0 heterocycles. The van der Waals surface area contributed by atoms with Gasteiger partial charge in [-0.25, -0.2) is 9.59 Å². The van der Waals surface area contributed by atoms with Crippen LogP contribution in [-0.2, 0) is 4.74 Å². The van der Waals surface area contributed by atoms with Crippen LogP contribution in [0.2, 0.25) is 0 Å². The van der Waals surface area contributed by atoms with E-state index in [9.17, 15) is 9.59 Å². The van der Waals surface area contributed by atoms with Crippen molar-refractivity contribution in [2.75, 3.05) is 32.2 Å². The molecule has 20 heavy (non-hydrogen) atoms. The van der Waals surface area contributed by atoms with E-state index in [1.54, 1.807) is 6.07 Å². The number of aromatic carboxylic acids is 1. The number of carbonyl (C=O) groups is 2. The van der Waals surface area contributed by atoms with Crippen LogP contribution in [0.5, 0.6) is 5.75 Å². The Morgan fingerprint density at radius 2 is 2.10 bits per heavy atom. The van der Waals surface area contributed by atoms with Gasteiger partial charge in [0.15, 0.2) is 0 Å². The molecule has 0 aliphatic carbocycles. The molecule has 3 N–H and O–H groups in total. The zero-order valence-electron chi connectivity index (χ0n) is 11.4. The van der Waals surface area contributed by atoms with Crippen LogP contribution in [0.3, 0.4) is 0 Å². The predicted molar refractivity (Wildman–Crippen MR) is 73.5 cm³/mol. The smallest absolute Gasteiger partial charge is 0.337 e. The summed E-state index contributed by atoms with van der Waals surface area (Å²) in [5.41, 5.74) is 0.163. The van der Waals surface area contributed by atoms with Gasteiger partial charge in [-0.3, -0.25) is 0 Å². The molecular formula is C13H18N2O5. The van der Waals surface area contributed by atoms with Gasteiger partial charge in [-0.05, 0) is 25.1 Å². The number of rotatable bonds is 7. The van der Waals surface area contributed by atoms with Crippen molar-refractivity contribution in [3.63, 3.8) is 0 Å². The van der Waals surface area contributed by atoms with Gasteiger partial charge in [0, 0.05) is 13.2 Å². The number of hydrogen-bond donors (Lipinski definition) is 3. The highest BCUT2D eigenvalue weighted by molar-refractivity contribution is 6.00. The zero-order chi connectivity index (χ0) is 15.0. The lowest BCUT2D eigenvalue weighted by Gasteiger charge is -2.11. The van der Waals surface area contributed by atoms with E-state index in [1.807, 2.05) is 6.92 Å². The summed E-state index contributed by atoms with van der Waals surface area (Å²) < 4.78 is 10.0. The topological polar surface area (TPSA) is 96.9 Å². The van der Waals surface area contributed by atoms with E-state index < -0.39 is 12.0 Å². The molecule has 0 spiro atoms. The molecule has 110 valence electrons. The third-order valence-electron chi connectivity index (χ3n) is 2.44. The largest absolute Gasteiger partial charge is 0.497 e. The van der Waals surface area contributed by atoms with Gasteiger partial charge < -0.3 is 25.2 Å². The first-order valence-corrected chi connectivity index (χ1v) is 6.12. The molecule has 0 atom stereocenters. The molecule has 1 aromatic carbocycles. The lowest BCUT2D eigenvalue weighted by Crippen LogP contribution is -2.32. The Labute approximate surface area is 116 Å². The maximum atomic E-state index is 11.6. The average molecular weight is 282 g/mol. The number of anilines is 1. The van der Waals surface area contributed by atoms with Crippen molar-refractivity contribution >= 4 is 17.7 Å². The molecule has 7 heteroatoms. The number of methoxy groups -OCH3 is 1. The van der Waals surface area contributed by atoms with Gasteiger partial charge in [0.05, 0.1) is 25.0 Å². The van der Waals surface area contributed by atoms with E-state index in [4.69, 9.17) is 14.6 Å². The van der Waals surface area contributed by atoms with E-state index in [2.05, 4.69) is 10.6 Å². The fourth-order valence-corrected chi connectivity index (χ4v) is 1.48. The van der Waals surface area contributed by atoms with Gasteiger partial charge in [0.2, 0.25) is 0 Å². The summed E-state index contributed by atoms with van der Waals surface area (Å²) >= 11 is 0. The molecule has 0 saturated heterocycles. The number of hydrogen-bond acceptors (Lipinski definition) is 4. The summed E-state index contributed by atoms with van der Waals surface area (Å²) in [4.78, 5) is 22.7. The fraction of sp³-hybridized carbons (Fsp3) is 0.385. The van der Waals surface area contributed by atoms with Gasteiger partial charge in [0.1, 0.15) is 5.75 Å². The van der Waals surface area contributed by atoms with Crippen molar-refractivity contribution < 1.29 is 24.2 Å². The second kappa shape index (κ2) is 8.00. The number of benzene rings is 1. The highest BCUT2D eigenvalue weighted by Crippen LogP contribution is 2.21. The second-order valence-corrected chi connectivity index (χ2v) is 3.79. The summed E-state index contributed by atoms with van der Waals surface area (Å²) in [6.07, 6.45) is 0. The highest BCUT2D eigenvalue weighted by Gasteiger charge is 2.13. The summed E-state index contributed by atoms with van der Waals surface area (Å²) in [6, 6.07) is 3.91. The minimum absolute atomic E-state index is 0.0377. The third kappa shape index (κ3) is 4.77. The summed E-state index contributed by atoms with van der Waals surface area (Å²) in [5, 5.41) is 14.1. The van der Waals surface area contributed by atoms with Crippen LogP contribution in [0.25, 0.3) is 0 Å². The molecular weight excluding hydrogens is 264 g/mol. The van der Waals surface area contributed by atoms with Crippen LogP contribution in [0.15, 0.2) is 18.2 Å². The number of carboxylic acids is 1. The van der Waals surface area contributed by atoms with Crippen LogP contribution in [0.4, 0.5) is 10.5 Å². The molecule has 0 saturated carbocycles. The summed E-state index contributed by atoms with van der Waals surface area (Å²) in [7, 11) is 1.44. The van der Waals surface area contributed by atoms with Gasteiger partial charge >= 0.3 is 12.0 Å². The Bertz CT molecular complexity index is 476. The lowest BCUT2D eigenvalue weighted by molar-refractivity contribution is 0.0697. The Balaban J connectivity index is 2.66. The van der Waals surface area contributed by atoms with E-state index in [0.29, 0.717) is 25.5 Å². The van der Waals surface area contributed by atoms with Crippen molar-refractivity contribution in [3.8, 4) is 5.75 Å². The SMILES string of the molecule is CCOCCNC(=O)Nc1ccc(OC)cc1C(=O)O. The zero-order valence-corrected chi connectivity index (χ0v) is 11.4. The van der Waals surface area contributed by atoms with Crippen molar-refractivity contribution in [1.29, 1.82) is 0 Å². The van der Waals surface area contributed by atoms with Crippen LogP contribution in [-0.4, -0.2) is 44.0 Å². The molecule has 0 aliphatic heterocycles. The first-order valence-electron chi connectivity index (χ1n) is 6.12. The van der Waals surface area contributed by atoms with Crippen LogP contribution in [0.1, 0.15) is 17.3 Å². The molecule has 7 nitrogen and oxygen atoms in total. The van der Waals surface area contributed by atoms with E-state index in [-0.39, 0.29) is 11.3 Å². The molecule has 1 rings (SSSR count). The normalized spacial score (nSPS) is 9.90. The number of carbonyl (C=O) groups excluding carboxylic acids is 1. The Morgan fingerprint density at radius 1 is 1.35 bits per heavy atom. The van der Waals surface area contributed by atoms with E-state index >= 15 is 0 Å². The van der Waals surface area contributed by atoms with E-state index in [1.165, 1.54) is 19.2 Å². The quantitative estimate of drug-likeness (QED) is 0.659. The van der Waals surface area contributed by atoms with Gasteiger partial charge in [-0.15, -0.1) is 0 Å². The monoisotopic (exact) mass is 282 g/mol. The van der Waals surface area contributed by atoms with Crippen molar-refractivity contribution in [2.45, 2.75) is 6.92 Å². The standard InChI is InChI=1S/C13H18N2O5/c1-3-20-7-6-14-13(18)15-11-5-4-9(19-2)8-10(11)12(16)17/h4-5,8H,3,6-7H2,1-2H3,(H,16,17)(H2,14,15,18). The Kier molecular flexibility index (Phi) is 6.31. The minimum atomic E-state index is -1.14. The van der Waals surface area contributed by atoms with Gasteiger partial charge in [-0.2, -0.15) is 0 Å². The minimum Gasteiger partial charge on any atom is -0.497 e. The van der Waals surface area contributed by atoms with Gasteiger partial charge in [0.25, 0.3) is 0 Å². The third-order valence-corrected chi connectivity index (χ3v) is 2.44. The Hall–Kier alpha value is -2.28. The summed E-state index contributed by atoms with van der Waals surface area (Å²) in [5.74, 6) is -0.738. The van der Waals surface area contributed by atoms with Crippen molar-refractivity contribution in [3.05, 3.63) is 23.8 Å². The molecule has 0 aromatic heterocycles. The number of urea groups is 1. The Morgan fingerprint density at radius 3 is 2.70 bits per heavy atom.